The first-order chi connectivity index (χ1) is 5.75. The number of carbonyl (C=O) groups excluding carboxylic acids is 1. The standard InChI is InChI=1S/C9H15NO2/c1-8(2)10(7-11)9-3-5-12-6-4-9/h3,7-8H,4-6H2,1-2H3. The van der Waals surface area contributed by atoms with Crippen molar-refractivity contribution in [2.75, 3.05) is 13.2 Å². The Morgan fingerprint density at radius 2 is 2.42 bits per heavy atom. The predicted octanol–water partition coefficient (Wildman–Crippen LogP) is 1.16. The van der Waals surface area contributed by atoms with E-state index in [9.17, 15) is 4.79 Å². The Balaban J connectivity index is 2.63. The Hall–Kier alpha value is -0.830. The van der Waals surface area contributed by atoms with E-state index in [4.69, 9.17) is 4.74 Å². The molecule has 0 spiro atoms. The molecular weight excluding hydrogens is 154 g/mol. The molecule has 0 aromatic carbocycles. The van der Waals surface area contributed by atoms with Gasteiger partial charge >= 0.3 is 0 Å². The van der Waals surface area contributed by atoms with Crippen LogP contribution < -0.4 is 0 Å². The molecule has 0 fully saturated rings. The lowest BCUT2D eigenvalue weighted by molar-refractivity contribution is -0.118. The van der Waals surface area contributed by atoms with Gasteiger partial charge in [-0.1, -0.05) is 0 Å². The third-order valence-electron chi connectivity index (χ3n) is 1.94. The highest BCUT2D eigenvalue weighted by Crippen LogP contribution is 2.14. The van der Waals surface area contributed by atoms with E-state index in [0.29, 0.717) is 6.61 Å². The molecule has 0 saturated carbocycles. The summed E-state index contributed by atoms with van der Waals surface area (Å²) in [5, 5.41) is 0. The minimum atomic E-state index is 0.242. The van der Waals surface area contributed by atoms with Crippen molar-refractivity contribution in [1.82, 2.24) is 4.90 Å². The number of amides is 1. The summed E-state index contributed by atoms with van der Waals surface area (Å²) in [7, 11) is 0. The van der Waals surface area contributed by atoms with Crippen molar-refractivity contribution in [3.63, 3.8) is 0 Å². The van der Waals surface area contributed by atoms with E-state index in [1.165, 1.54) is 0 Å². The number of rotatable bonds is 3. The molecule has 3 heteroatoms. The average Bonchev–Trinajstić information content (AvgIpc) is 2.07. The molecule has 12 heavy (non-hydrogen) atoms. The summed E-state index contributed by atoms with van der Waals surface area (Å²) in [6.45, 7) is 5.37. The smallest absolute Gasteiger partial charge is 0.214 e. The minimum Gasteiger partial charge on any atom is -0.377 e. The largest absolute Gasteiger partial charge is 0.377 e. The van der Waals surface area contributed by atoms with Crippen LogP contribution in [0.3, 0.4) is 0 Å². The molecule has 0 atom stereocenters. The van der Waals surface area contributed by atoms with Gasteiger partial charge in [0.2, 0.25) is 6.41 Å². The second-order valence-electron chi connectivity index (χ2n) is 3.13. The SMILES string of the molecule is CC(C)N(C=O)C1=CCOCC1. The van der Waals surface area contributed by atoms with Crippen LogP contribution in [0.5, 0.6) is 0 Å². The lowest BCUT2D eigenvalue weighted by Gasteiger charge is -2.27. The van der Waals surface area contributed by atoms with Crippen LogP contribution in [-0.4, -0.2) is 30.6 Å². The topological polar surface area (TPSA) is 29.5 Å². The van der Waals surface area contributed by atoms with Crippen molar-refractivity contribution in [1.29, 1.82) is 0 Å². The van der Waals surface area contributed by atoms with Crippen molar-refractivity contribution in [2.24, 2.45) is 0 Å². The van der Waals surface area contributed by atoms with Gasteiger partial charge in [0, 0.05) is 18.2 Å². The van der Waals surface area contributed by atoms with Crippen LogP contribution in [0.15, 0.2) is 11.8 Å². The van der Waals surface area contributed by atoms with Gasteiger partial charge in [-0.05, 0) is 19.9 Å². The van der Waals surface area contributed by atoms with Gasteiger partial charge in [0.15, 0.2) is 0 Å². The number of nitrogens with zero attached hydrogens (tertiary/aromatic N) is 1. The second kappa shape index (κ2) is 4.26. The molecule has 0 radical (unpaired) electrons. The number of hydrogen-bond acceptors (Lipinski definition) is 2. The van der Waals surface area contributed by atoms with Crippen LogP contribution in [0.4, 0.5) is 0 Å². The van der Waals surface area contributed by atoms with Gasteiger partial charge in [0.05, 0.1) is 13.2 Å². The van der Waals surface area contributed by atoms with Gasteiger partial charge in [-0.3, -0.25) is 4.79 Å². The summed E-state index contributed by atoms with van der Waals surface area (Å²) in [4.78, 5) is 12.4. The highest BCUT2D eigenvalue weighted by Gasteiger charge is 2.13. The third kappa shape index (κ3) is 2.08. The third-order valence-corrected chi connectivity index (χ3v) is 1.94. The molecule has 1 aliphatic heterocycles. The van der Waals surface area contributed by atoms with E-state index >= 15 is 0 Å². The number of ether oxygens (including phenoxy) is 1. The van der Waals surface area contributed by atoms with Gasteiger partial charge in [-0.25, -0.2) is 0 Å². The summed E-state index contributed by atoms with van der Waals surface area (Å²) in [5.41, 5.74) is 1.09. The molecule has 68 valence electrons. The van der Waals surface area contributed by atoms with Crippen molar-refractivity contribution in [3.05, 3.63) is 11.8 Å². The fourth-order valence-corrected chi connectivity index (χ4v) is 1.27. The molecular formula is C9H15NO2. The molecule has 0 aliphatic carbocycles. The zero-order chi connectivity index (χ0) is 8.97. The lowest BCUT2D eigenvalue weighted by atomic mass is 10.2. The van der Waals surface area contributed by atoms with Crippen molar-refractivity contribution in [3.8, 4) is 0 Å². The Morgan fingerprint density at radius 1 is 1.67 bits per heavy atom. The van der Waals surface area contributed by atoms with E-state index in [2.05, 4.69) is 0 Å². The van der Waals surface area contributed by atoms with Crippen molar-refractivity contribution < 1.29 is 9.53 Å². The predicted molar refractivity (Wildman–Crippen MR) is 46.6 cm³/mol. The van der Waals surface area contributed by atoms with Crippen LogP contribution >= 0.6 is 0 Å². The maximum absolute atomic E-state index is 10.7. The quantitative estimate of drug-likeness (QED) is 0.593. The van der Waals surface area contributed by atoms with Gasteiger partial charge in [-0.2, -0.15) is 0 Å². The van der Waals surface area contributed by atoms with E-state index in [-0.39, 0.29) is 6.04 Å². The summed E-state index contributed by atoms with van der Waals surface area (Å²) >= 11 is 0. The fraction of sp³-hybridized carbons (Fsp3) is 0.667. The van der Waals surface area contributed by atoms with Crippen LogP contribution in [0.25, 0.3) is 0 Å². The monoisotopic (exact) mass is 169 g/mol. The van der Waals surface area contributed by atoms with E-state index in [0.717, 1.165) is 25.1 Å². The molecule has 3 nitrogen and oxygen atoms in total. The average molecular weight is 169 g/mol. The van der Waals surface area contributed by atoms with E-state index < -0.39 is 0 Å². The molecule has 0 aromatic heterocycles. The second-order valence-corrected chi connectivity index (χ2v) is 3.13. The molecule has 0 bridgehead atoms. The van der Waals surface area contributed by atoms with E-state index in [1.54, 1.807) is 4.90 Å². The molecule has 1 amide bonds. The summed E-state index contributed by atoms with van der Waals surface area (Å²) in [5.74, 6) is 0. The maximum Gasteiger partial charge on any atom is 0.214 e. The van der Waals surface area contributed by atoms with Crippen molar-refractivity contribution >= 4 is 6.41 Å². The molecule has 0 N–H and O–H groups in total. The molecule has 1 aliphatic rings. The summed E-state index contributed by atoms with van der Waals surface area (Å²) in [6.07, 6.45) is 3.70. The lowest BCUT2D eigenvalue weighted by Crippen LogP contribution is -2.30. The fourth-order valence-electron chi connectivity index (χ4n) is 1.27. The Bertz CT molecular complexity index is 187. The van der Waals surface area contributed by atoms with Crippen LogP contribution in [0.1, 0.15) is 20.3 Å². The summed E-state index contributed by atoms with van der Waals surface area (Å²) in [6, 6.07) is 0.242. The zero-order valence-corrected chi connectivity index (χ0v) is 7.62. The Labute approximate surface area is 73.0 Å². The van der Waals surface area contributed by atoms with Gasteiger partial charge < -0.3 is 9.64 Å². The number of carbonyl (C=O) groups is 1. The van der Waals surface area contributed by atoms with Crippen LogP contribution in [-0.2, 0) is 9.53 Å². The maximum atomic E-state index is 10.7. The van der Waals surface area contributed by atoms with Crippen LogP contribution in [0, 0.1) is 0 Å². The zero-order valence-electron chi connectivity index (χ0n) is 7.62. The molecule has 1 rings (SSSR count). The first-order valence-corrected chi connectivity index (χ1v) is 4.26. The number of hydrogen-bond donors (Lipinski definition) is 0. The Kier molecular flexibility index (Phi) is 3.29. The normalized spacial score (nSPS) is 17.4. The Morgan fingerprint density at radius 3 is 2.83 bits per heavy atom. The van der Waals surface area contributed by atoms with Gasteiger partial charge in [0.25, 0.3) is 0 Å². The highest BCUT2D eigenvalue weighted by atomic mass is 16.5. The molecule has 1 heterocycles. The van der Waals surface area contributed by atoms with E-state index in [1.807, 2.05) is 19.9 Å². The molecule has 0 saturated heterocycles. The highest BCUT2D eigenvalue weighted by molar-refractivity contribution is 5.51. The van der Waals surface area contributed by atoms with Crippen molar-refractivity contribution in [2.45, 2.75) is 26.3 Å². The van der Waals surface area contributed by atoms with Gasteiger partial charge in [-0.15, -0.1) is 0 Å². The molecule has 0 aromatic rings. The molecule has 0 unspecified atom stereocenters. The minimum absolute atomic E-state index is 0.242. The van der Waals surface area contributed by atoms with Gasteiger partial charge in [0.1, 0.15) is 0 Å². The summed E-state index contributed by atoms with van der Waals surface area (Å²) < 4.78 is 5.16. The van der Waals surface area contributed by atoms with Crippen LogP contribution in [0.2, 0.25) is 0 Å². The first kappa shape index (κ1) is 9.26. The first-order valence-electron chi connectivity index (χ1n) is 4.26.